The van der Waals surface area contributed by atoms with E-state index in [1.165, 1.54) is 0 Å². The van der Waals surface area contributed by atoms with E-state index >= 15 is 0 Å². The number of rotatable bonds is 4. The summed E-state index contributed by atoms with van der Waals surface area (Å²) in [7, 11) is 0. The van der Waals surface area contributed by atoms with Crippen LogP contribution in [-0.4, -0.2) is 34.7 Å². The van der Waals surface area contributed by atoms with Crippen LogP contribution in [0.3, 0.4) is 0 Å². The van der Waals surface area contributed by atoms with Gasteiger partial charge in [0, 0.05) is 29.7 Å². The minimum Gasteiger partial charge on any atom is -0.486 e. The fourth-order valence-electron chi connectivity index (χ4n) is 3.04. The van der Waals surface area contributed by atoms with Crippen molar-refractivity contribution in [2.24, 2.45) is 0 Å². The van der Waals surface area contributed by atoms with E-state index in [0.717, 1.165) is 17.8 Å². The van der Waals surface area contributed by atoms with Crippen molar-refractivity contribution >= 4 is 29.3 Å². The molecule has 28 heavy (non-hydrogen) atoms. The molecular weight excluding hydrogens is 399 g/mol. The molecule has 0 spiro atoms. The van der Waals surface area contributed by atoms with Crippen molar-refractivity contribution in [3.63, 3.8) is 0 Å². The van der Waals surface area contributed by atoms with E-state index in [0.29, 0.717) is 35.5 Å². The summed E-state index contributed by atoms with van der Waals surface area (Å²) in [5.74, 6) is 0.752. The first-order valence-corrected chi connectivity index (χ1v) is 9.98. The molecule has 0 radical (unpaired) electrons. The average Bonchev–Trinajstić information content (AvgIpc) is 3.10. The van der Waals surface area contributed by atoms with Crippen LogP contribution in [0.25, 0.3) is 0 Å². The molecule has 150 valence electrons. The normalized spacial score (nSPS) is 16.9. The molecule has 1 amide bonds. The lowest BCUT2D eigenvalue weighted by Crippen LogP contribution is -2.35. The van der Waals surface area contributed by atoms with Crippen LogP contribution in [-0.2, 0) is 11.3 Å². The van der Waals surface area contributed by atoms with Gasteiger partial charge in [-0.3, -0.25) is 4.98 Å². The number of carbonyl (C=O) groups is 1. The van der Waals surface area contributed by atoms with Gasteiger partial charge in [-0.1, -0.05) is 29.3 Å². The van der Waals surface area contributed by atoms with E-state index in [1.54, 1.807) is 23.1 Å². The highest BCUT2D eigenvalue weighted by Gasteiger charge is 2.31. The van der Waals surface area contributed by atoms with Crippen molar-refractivity contribution in [3.8, 4) is 5.75 Å². The van der Waals surface area contributed by atoms with E-state index in [9.17, 15) is 4.79 Å². The number of halogens is 2. The largest absolute Gasteiger partial charge is 0.486 e. The average molecular weight is 423 g/mol. The van der Waals surface area contributed by atoms with Gasteiger partial charge in [-0.2, -0.15) is 0 Å². The Morgan fingerprint density at radius 2 is 2.04 bits per heavy atom. The molecule has 3 rings (SSSR count). The molecule has 1 atom stereocenters. The van der Waals surface area contributed by atoms with Gasteiger partial charge < -0.3 is 14.4 Å². The van der Waals surface area contributed by atoms with E-state index in [-0.39, 0.29) is 12.0 Å². The van der Waals surface area contributed by atoms with Crippen LogP contribution in [0.15, 0.2) is 36.4 Å². The molecule has 7 heteroatoms. The molecule has 1 aliphatic rings. The number of likely N-dealkylation sites (tertiary alicyclic amines) is 1. The van der Waals surface area contributed by atoms with Gasteiger partial charge in [0.1, 0.15) is 18.0 Å². The molecule has 1 aromatic heterocycles. The van der Waals surface area contributed by atoms with Crippen molar-refractivity contribution in [3.05, 3.63) is 57.8 Å². The molecule has 0 bridgehead atoms. The molecule has 0 saturated carbocycles. The Bertz CT molecular complexity index is 852. The lowest BCUT2D eigenvalue weighted by Gasteiger charge is -2.24. The number of carbonyl (C=O) groups excluding carboxylic acids is 1. The number of pyridine rings is 1. The monoisotopic (exact) mass is 422 g/mol. The Kier molecular flexibility index (Phi) is 6.36. The number of hydrogen-bond acceptors (Lipinski definition) is 4. The number of aromatic nitrogens is 1. The van der Waals surface area contributed by atoms with E-state index < -0.39 is 5.60 Å². The number of ether oxygens (including phenoxy) is 2. The first-order valence-electron chi connectivity index (χ1n) is 9.23. The van der Waals surface area contributed by atoms with Crippen LogP contribution in [0, 0.1) is 0 Å². The first kappa shape index (κ1) is 20.7. The summed E-state index contributed by atoms with van der Waals surface area (Å²) in [5.41, 5.74) is 1.27. The maximum Gasteiger partial charge on any atom is 0.410 e. The third kappa shape index (κ3) is 5.52. The summed E-state index contributed by atoms with van der Waals surface area (Å²) in [4.78, 5) is 18.7. The summed E-state index contributed by atoms with van der Waals surface area (Å²) < 4.78 is 11.2. The van der Waals surface area contributed by atoms with Gasteiger partial charge in [-0.15, -0.1) is 0 Å². The van der Waals surface area contributed by atoms with Gasteiger partial charge in [0.25, 0.3) is 0 Å². The molecule has 0 N–H and O–H groups in total. The smallest absolute Gasteiger partial charge is 0.410 e. The Labute approximate surface area is 175 Å². The molecule has 1 aromatic carbocycles. The summed E-state index contributed by atoms with van der Waals surface area (Å²) >= 11 is 12.1. The van der Waals surface area contributed by atoms with Crippen molar-refractivity contribution in [2.45, 2.75) is 45.3 Å². The molecule has 1 unspecified atom stereocenters. The molecule has 1 saturated heterocycles. The highest BCUT2D eigenvalue weighted by atomic mass is 35.5. The fraction of sp³-hybridized carbons (Fsp3) is 0.429. The lowest BCUT2D eigenvalue weighted by atomic mass is 10.0. The van der Waals surface area contributed by atoms with Crippen molar-refractivity contribution in [2.75, 3.05) is 13.1 Å². The van der Waals surface area contributed by atoms with Gasteiger partial charge in [-0.05, 0) is 57.5 Å². The fourth-order valence-corrected chi connectivity index (χ4v) is 3.51. The van der Waals surface area contributed by atoms with Crippen molar-refractivity contribution < 1.29 is 14.3 Å². The number of amides is 1. The zero-order chi connectivity index (χ0) is 20.3. The maximum absolute atomic E-state index is 12.3. The Morgan fingerprint density at radius 3 is 2.75 bits per heavy atom. The maximum atomic E-state index is 12.3. The van der Waals surface area contributed by atoms with Crippen molar-refractivity contribution in [1.29, 1.82) is 0 Å². The van der Waals surface area contributed by atoms with Crippen molar-refractivity contribution in [1.82, 2.24) is 9.88 Å². The van der Waals surface area contributed by atoms with Crippen LogP contribution >= 0.6 is 23.2 Å². The molecule has 1 aliphatic heterocycles. The Hall–Kier alpha value is -1.98. The van der Waals surface area contributed by atoms with Crippen LogP contribution < -0.4 is 4.74 Å². The summed E-state index contributed by atoms with van der Waals surface area (Å²) in [6.45, 7) is 7.19. The van der Waals surface area contributed by atoms with Crippen LogP contribution in [0.4, 0.5) is 4.79 Å². The molecule has 0 aliphatic carbocycles. The Morgan fingerprint density at radius 1 is 1.25 bits per heavy atom. The molecule has 5 nitrogen and oxygen atoms in total. The van der Waals surface area contributed by atoms with E-state index in [2.05, 4.69) is 0 Å². The molecule has 2 heterocycles. The van der Waals surface area contributed by atoms with E-state index in [4.69, 9.17) is 37.7 Å². The van der Waals surface area contributed by atoms with Gasteiger partial charge in [-0.25, -0.2) is 4.79 Å². The zero-order valence-corrected chi connectivity index (χ0v) is 17.8. The van der Waals surface area contributed by atoms with Gasteiger partial charge in [0.2, 0.25) is 0 Å². The SMILES string of the molecule is CC(C)(C)OC(=O)N1CCC(c2cccc(COc3ccc(Cl)cc3Cl)n2)C1. The first-order chi connectivity index (χ1) is 13.2. The predicted octanol–water partition coefficient (Wildman–Crippen LogP) is 5.69. The topological polar surface area (TPSA) is 51.7 Å². The second-order valence-corrected chi connectivity index (χ2v) is 8.67. The summed E-state index contributed by atoms with van der Waals surface area (Å²) in [6, 6.07) is 11.0. The van der Waals surface area contributed by atoms with Gasteiger partial charge >= 0.3 is 6.09 Å². The molecular formula is C21H24Cl2N2O3. The minimum absolute atomic E-state index is 0.187. The standard InChI is InChI=1S/C21H24Cl2N2O3/c1-21(2,3)28-20(26)25-10-9-14(12-25)18-6-4-5-16(24-18)13-27-19-8-7-15(22)11-17(19)23/h4-8,11,14H,9-10,12-13H2,1-3H3. The second kappa shape index (κ2) is 8.58. The second-order valence-electron chi connectivity index (χ2n) is 7.83. The summed E-state index contributed by atoms with van der Waals surface area (Å²) in [5, 5.41) is 1.03. The number of nitrogens with zero attached hydrogens (tertiary/aromatic N) is 2. The van der Waals surface area contributed by atoms with Crippen LogP contribution in [0.5, 0.6) is 5.75 Å². The third-order valence-electron chi connectivity index (χ3n) is 4.36. The lowest BCUT2D eigenvalue weighted by molar-refractivity contribution is 0.0292. The highest BCUT2D eigenvalue weighted by Crippen LogP contribution is 2.29. The molecule has 2 aromatic rings. The third-order valence-corrected chi connectivity index (χ3v) is 4.89. The van der Waals surface area contributed by atoms with Crippen LogP contribution in [0.2, 0.25) is 10.0 Å². The van der Waals surface area contributed by atoms with Crippen LogP contribution in [0.1, 0.15) is 44.5 Å². The van der Waals surface area contributed by atoms with E-state index in [1.807, 2.05) is 39.0 Å². The quantitative estimate of drug-likeness (QED) is 0.634. The minimum atomic E-state index is -0.492. The number of hydrogen-bond donors (Lipinski definition) is 0. The molecule has 1 fully saturated rings. The summed E-state index contributed by atoms with van der Waals surface area (Å²) in [6.07, 6.45) is 0.589. The number of benzene rings is 1. The predicted molar refractivity (Wildman–Crippen MR) is 110 cm³/mol. The van der Waals surface area contributed by atoms with Gasteiger partial charge in [0.05, 0.1) is 10.7 Å². The zero-order valence-electron chi connectivity index (χ0n) is 16.2. The Balaban J connectivity index is 1.61. The van der Waals surface area contributed by atoms with Gasteiger partial charge in [0.15, 0.2) is 0 Å². The highest BCUT2D eigenvalue weighted by molar-refractivity contribution is 6.35.